The van der Waals surface area contributed by atoms with Crippen LogP contribution in [0.5, 0.6) is 5.75 Å². The Hall–Kier alpha value is -3.59. The number of β-amino-alcohol motifs (C(OH)–C–C–N with tert-alkyl or cyclic N) is 1. The Balaban J connectivity index is 0.00000504. The van der Waals surface area contributed by atoms with Gasteiger partial charge < -0.3 is 35.0 Å². The van der Waals surface area contributed by atoms with Gasteiger partial charge in [-0.25, -0.2) is 4.98 Å². The van der Waals surface area contributed by atoms with E-state index in [9.17, 15) is 19.5 Å². The summed E-state index contributed by atoms with van der Waals surface area (Å²) in [4.78, 5) is 52.1. The molecule has 276 valence electrons. The van der Waals surface area contributed by atoms with Crippen molar-refractivity contribution in [2.24, 2.45) is 5.92 Å². The van der Waals surface area contributed by atoms with E-state index in [0.717, 1.165) is 60.0 Å². The Labute approximate surface area is 309 Å². The largest absolute Gasteiger partial charge is 0.491 e. The van der Waals surface area contributed by atoms with Gasteiger partial charge in [0.05, 0.1) is 35.4 Å². The number of fused-ring (bicyclic) bond motifs is 1. The molecule has 3 aromatic rings. The average Bonchev–Trinajstić information content (AvgIpc) is 3.82. The summed E-state index contributed by atoms with van der Waals surface area (Å²) in [5.74, 6) is -0.453. The number of amides is 3. The number of aromatic nitrogens is 1. The summed E-state index contributed by atoms with van der Waals surface area (Å²) in [5.41, 5.74) is 5.98. The Morgan fingerprint density at radius 1 is 1.12 bits per heavy atom. The average molecular weight is 741 g/mol. The van der Waals surface area contributed by atoms with E-state index in [-0.39, 0.29) is 55.6 Å². The first-order valence-corrected chi connectivity index (χ1v) is 18.4. The Morgan fingerprint density at radius 2 is 1.90 bits per heavy atom. The zero-order valence-electron chi connectivity index (χ0n) is 29.5. The summed E-state index contributed by atoms with van der Waals surface area (Å²) < 4.78 is 12.1. The second kappa shape index (κ2) is 17.8. The molecule has 14 heteroatoms. The van der Waals surface area contributed by atoms with Crippen LogP contribution >= 0.6 is 23.7 Å². The molecule has 0 spiro atoms. The summed E-state index contributed by atoms with van der Waals surface area (Å²) >= 11 is 1.56. The highest BCUT2D eigenvalue weighted by molar-refractivity contribution is 7.13. The van der Waals surface area contributed by atoms with Gasteiger partial charge in [-0.05, 0) is 36.1 Å². The van der Waals surface area contributed by atoms with Gasteiger partial charge in [-0.1, -0.05) is 44.2 Å². The molecule has 3 N–H and O–H groups in total. The lowest BCUT2D eigenvalue weighted by molar-refractivity contribution is -0.143. The number of ether oxygens (including phenoxy) is 2. The number of thiazole rings is 1. The van der Waals surface area contributed by atoms with Crippen LogP contribution in [0.15, 0.2) is 48.0 Å². The monoisotopic (exact) mass is 740 g/mol. The van der Waals surface area contributed by atoms with Gasteiger partial charge in [-0.3, -0.25) is 19.3 Å². The highest BCUT2D eigenvalue weighted by Gasteiger charge is 2.45. The van der Waals surface area contributed by atoms with Crippen molar-refractivity contribution < 1.29 is 29.0 Å². The lowest BCUT2D eigenvalue weighted by atomic mass is 10.0. The van der Waals surface area contributed by atoms with Crippen molar-refractivity contribution in [2.75, 3.05) is 59.1 Å². The first kappa shape index (κ1) is 38.6. The van der Waals surface area contributed by atoms with Crippen molar-refractivity contribution >= 4 is 41.5 Å². The summed E-state index contributed by atoms with van der Waals surface area (Å²) in [6.45, 7) is 12.6. The normalized spacial score (nSPS) is 19.6. The first-order chi connectivity index (χ1) is 24.2. The number of nitrogens with one attached hydrogen (secondary N) is 2. The Bertz CT molecular complexity index is 1670. The number of hydrogen-bond donors (Lipinski definition) is 3. The third kappa shape index (κ3) is 9.08. The van der Waals surface area contributed by atoms with E-state index in [1.807, 2.05) is 62.7 Å². The van der Waals surface area contributed by atoms with Crippen LogP contribution in [0.2, 0.25) is 0 Å². The quantitative estimate of drug-likeness (QED) is 0.213. The van der Waals surface area contributed by atoms with Crippen LogP contribution in [0.4, 0.5) is 0 Å². The number of carbonyl (C=O) groups is 3. The maximum atomic E-state index is 14.1. The fraction of sp³-hybridized carbons (Fsp3) is 0.514. The number of hydrogen-bond acceptors (Lipinski definition) is 10. The number of nitrogens with zero attached hydrogens (tertiary/aromatic N) is 4. The minimum absolute atomic E-state index is 0. The number of halogens is 1. The van der Waals surface area contributed by atoms with Gasteiger partial charge in [-0.2, -0.15) is 0 Å². The molecule has 3 aliphatic rings. The van der Waals surface area contributed by atoms with E-state index in [1.54, 1.807) is 22.3 Å². The molecule has 0 bridgehead atoms. The standard InChI is InChI=1S/C37H48N6O6S.ClH/c1-24(2)33(43-21-28-6-4-5-7-30(28)36(43)46)37(47)42-22-29(44)19-31(42)35(45)39-20-27-9-8-26(34-25(3)40-23-50-34)18-32(27)49-17-16-48-15-14-41-12-10-38-11-13-41;/h4-9,18,23-24,29,31,33,38,44H,10-17,19-22H2,1-3H3,(H,39,45);1H/t29-,31+,33+;/m1./s1. The second-order valence-electron chi connectivity index (χ2n) is 13.5. The molecule has 1 aromatic heterocycles. The van der Waals surface area contributed by atoms with Gasteiger partial charge in [0.2, 0.25) is 11.8 Å². The number of benzene rings is 2. The fourth-order valence-electron chi connectivity index (χ4n) is 7.05. The molecule has 51 heavy (non-hydrogen) atoms. The predicted octanol–water partition coefficient (Wildman–Crippen LogP) is 3.10. The molecule has 2 saturated heterocycles. The van der Waals surface area contributed by atoms with Crippen LogP contribution in [-0.4, -0.2) is 120 Å². The molecule has 3 amide bonds. The summed E-state index contributed by atoms with van der Waals surface area (Å²) in [7, 11) is 0. The van der Waals surface area contributed by atoms with Gasteiger partial charge in [-0.15, -0.1) is 23.7 Å². The van der Waals surface area contributed by atoms with Crippen molar-refractivity contribution in [3.8, 4) is 16.2 Å². The van der Waals surface area contributed by atoms with Crippen LogP contribution in [0.25, 0.3) is 10.4 Å². The van der Waals surface area contributed by atoms with E-state index in [0.29, 0.717) is 37.7 Å². The summed E-state index contributed by atoms with van der Waals surface area (Å²) in [6, 6.07) is 11.6. The number of piperazine rings is 1. The fourth-order valence-corrected chi connectivity index (χ4v) is 7.85. The molecule has 3 atom stereocenters. The van der Waals surface area contributed by atoms with Crippen molar-refractivity contribution in [3.05, 3.63) is 70.4 Å². The van der Waals surface area contributed by atoms with Crippen LogP contribution in [0.1, 0.15) is 47.4 Å². The van der Waals surface area contributed by atoms with Crippen molar-refractivity contribution in [1.29, 1.82) is 0 Å². The predicted molar refractivity (Wildman–Crippen MR) is 198 cm³/mol. The lowest BCUT2D eigenvalue weighted by Gasteiger charge is -2.35. The van der Waals surface area contributed by atoms with Gasteiger partial charge in [0.25, 0.3) is 5.91 Å². The zero-order valence-corrected chi connectivity index (χ0v) is 31.1. The molecule has 2 aromatic carbocycles. The number of carbonyl (C=O) groups excluding carboxylic acids is 3. The Kier molecular flexibility index (Phi) is 13.5. The molecule has 2 fully saturated rings. The number of aliphatic hydroxyl groups is 1. The third-order valence-electron chi connectivity index (χ3n) is 9.71. The van der Waals surface area contributed by atoms with Crippen molar-refractivity contribution in [1.82, 2.24) is 30.3 Å². The SMILES string of the molecule is Cc1ncsc1-c1ccc(CNC(=O)[C@@H]2C[C@@H](O)CN2C(=O)[C@H](C(C)C)N2Cc3ccccc3C2=O)c(OCCOCCN2CCNCC2)c1.Cl. The topological polar surface area (TPSA) is 137 Å². The van der Waals surface area contributed by atoms with Crippen LogP contribution in [0.3, 0.4) is 0 Å². The molecule has 0 aliphatic carbocycles. The minimum atomic E-state index is -0.869. The van der Waals surface area contributed by atoms with E-state index in [1.165, 1.54) is 4.90 Å². The number of aryl methyl sites for hydroxylation is 1. The van der Waals surface area contributed by atoms with Gasteiger partial charge >= 0.3 is 0 Å². The second-order valence-corrected chi connectivity index (χ2v) is 14.4. The van der Waals surface area contributed by atoms with Gasteiger partial charge in [0.1, 0.15) is 24.4 Å². The molecular formula is C37H49ClN6O6S. The van der Waals surface area contributed by atoms with Crippen LogP contribution in [-0.2, 0) is 27.4 Å². The van der Waals surface area contributed by atoms with Gasteiger partial charge in [0, 0.05) is 69.9 Å². The molecule has 0 radical (unpaired) electrons. The zero-order chi connectivity index (χ0) is 35.2. The minimum Gasteiger partial charge on any atom is -0.491 e. The molecule has 0 saturated carbocycles. The molecule has 4 heterocycles. The Morgan fingerprint density at radius 3 is 2.63 bits per heavy atom. The number of rotatable bonds is 14. The number of likely N-dealkylation sites (tertiary alicyclic amines) is 1. The maximum Gasteiger partial charge on any atom is 0.255 e. The summed E-state index contributed by atoms with van der Waals surface area (Å²) in [6.07, 6.45) is -0.726. The number of aliphatic hydroxyl groups excluding tert-OH is 1. The van der Waals surface area contributed by atoms with E-state index in [4.69, 9.17) is 9.47 Å². The van der Waals surface area contributed by atoms with Crippen LogP contribution in [0, 0.1) is 12.8 Å². The highest BCUT2D eigenvalue weighted by atomic mass is 35.5. The molecule has 12 nitrogen and oxygen atoms in total. The highest BCUT2D eigenvalue weighted by Crippen LogP contribution is 2.33. The third-order valence-corrected chi connectivity index (χ3v) is 10.7. The van der Waals surface area contributed by atoms with E-state index >= 15 is 0 Å². The van der Waals surface area contributed by atoms with E-state index < -0.39 is 18.2 Å². The van der Waals surface area contributed by atoms with Crippen molar-refractivity contribution in [3.63, 3.8) is 0 Å². The molecule has 3 aliphatic heterocycles. The van der Waals surface area contributed by atoms with Gasteiger partial charge in [0.15, 0.2) is 0 Å². The molecular weight excluding hydrogens is 692 g/mol. The first-order valence-electron chi connectivity index (χ1n) is 17.5. The molecule has 0 unspecified atom stereocenters. The maximum absolute atomic E-state index is 14.1. The van der Waals surface area contributed by atoms with E-state index in [2.05, 4.69) is 20.5 Å². The summed E-state index contributed by atoms with van der Waals surface area (Å²) in [5, 5.41) is 17.0. The lowest BCUT2D eigenvalue weighted by Crippen LogP contribution is -2.55. The smallest absolute Gasteiger partial charge is 0.255 e. The molecule has 6 rings (SSSR count). The van der Waals surface area contributed by atoms with Crippen LogP contribution < -0.4 is 15.4 Å². The van der Waals surface area contributed by atoms with Crippen molar-refractivity contribution in [2.45, 2.75) is 58.5 Å².